The third-order valence-electron chi connectivity index (χ3n) is 5.55. The van der Waals surface area contributed by atoms with Crippen LogP contribution in [0.4, 0.5) is 0 Å². The number of ether oxygens (including phenoxy) is 1. The second kappa shape index (κ2) is 10.9. The summed E-state index contributed by atoms with van der Waals surface area (Å²) in [6.07, 6.45) is 1.26. The average Bonchev–Trinajstić information content (AvgIpc) is 3.27. The van der Waals surface area contributed by atoms with Crippen molar-refractivity contribution in [3.8, 4) is 17.1 Å². The average molecular weight is 485 g/mol. The Morgan fingerprint density at radius 3 is 2.45 bits per heavy atom. The molecule has 0 spiro atoms. The fourth-order valence-corrected chi connectivity index (χ4v) is 4.91. The number of nitrogens with zero attached hydrogens (tertiary/aromatic N) is 4. The van der Waals surface area contributed by atoms with Gasteiger partial charge in [-0.3, -0.25) is 14.2 Å². The van der Waals surface area contributed by atoms with Crippen molar-refractivity contribution in [1.82, 2.24) is 19.7 Å². The maximum absolute atomic E-state index is 12.9. The zero-order valence-corrected chi connectivity index (χ0v) is 19.9. The highest BCUT2D eigenvalue weighted by Gasteiger charge is 2.28. The number of para-hydroxylation sites is 1. The van der Waals surface area contributed by atoms with Crippen LogP contribution >= 0.6 is 23.4 Å². The number of amides is 1. The number of aromatic nitrogens is 3. The van der Waals surface area contributed by atoms with E-state index >= 15 is 0 Å². The van der Waals surface area contributed by atoms with Crippen LogP contribution in [0, 0.1) is 5.92 Å². The van der Waals surface area contributed by atoms with Crippen molar-refractivity contribution in [2.45, 2.75) is 24.9 Å². The first-order valence-electron chi connectivity index (χ1n) is 10.9. The van der Waals surface area contributed by atoms with Crippen molar-refractivity contribution >= 4 is 35.2 Å². The van der Waals surface area contributed by atoms with Crippen LogP contribution in [0.5, 0.6) is 0 Å². The van der Waals surface area contributed by atoms with E-state index in [1.165, 1.54) is 11.8 Å². The third-order valence-corrected chi connectivity index (χ3v) is 6.80. The van der Waals surface area contributed by atoms with E-state index in [1.54, 1.807) is 11.8 Å². The van der Waals surface area contributed by atoms with Gasteiger partial charge in [-0.15, -0.1) is 10.2 Å². The fourth-order valence-electron chi connectivity index (χ4n) is 3.83. The molecule has 172 valence electrons. The van der Waals surface area contributed by atoms with Gasteiger partial charge in [-0.05, 0) is 44.0 Å². The van der Waals surface area contributed by atoms with Crippen molar-refractivity contribution in [2.75, 3.05) is 25.4 Å². The first-order chi connectivity index (χ1) is 16.1. The van der Waals surface area contributed by atoms with Gasteiger partial charge in [0, 0.05) is 24.3 Å². The number of rotatable bonds is 7. The zero-order chi connectivity index (χ0) is 23.2. The monoisotopic (exact) mass is 484 g/mol. The van der Waals surface area contributed by atoms with Crippen LogP contribution in [0.1, 0.15) is 19.8 Å². The Kier molecular flexibility index (Phi) is 7.67. The summed E-state index contributed by atoms with van der Waals surface area (Å²) < 4.78 is 7.03. The Balaban J connectivity index is 1.48. The molecule has 1 fully saturated rings. The van der Waals surface area contributed by atoms with Gasteiger partial charge in [0.1, 0.15) is 0 Å². The van der Waals surface area contributed by atoms with E-state index in [9.17, 15) is 9.59 Å². The molecule has 0 atom stereocenters. The number of thioether (sulfide) groups is 1. The van der Waals surface area contributed by atoms with Gasteiger partial charge < -0.3 is 9.64 Å². The first kappa shape index (κ1) is 23.3. The van der Waals surface area contributed by atoms with Crippen LogP contribution in [0.25, 0.3) is 17.1 Å². The highest BCUT2D eigenvalue weighted by atomic mass is 35.5. The lowest BCUT2D eigenvalue weighted by Gasteiger charge is -2.30. The number of likely N-dealkylation sites (tertiary alicyclic amines) is 1. The Hall–Kier alpha value is -2.84. The molecule has 4 rings (SSSR count). The summed E-state index contributed by atoms with van der Waals surface area (Å²) in [5.74, 6) is 0.585. The lowest BCUT2D eigenvalue weighted by Crippen LogP contribution is -2.41. The lowest BCUT2D eigenvalue weighted by molar-refractivity contribution is -0.151. The molecule has 0 saturated carbocycles. The van der Waals surface area contributed by atoms with Gasteiger partial charge in [0.25, 0.3) is 0 Å². The summed E-state index contributed by atoms with van der Waals surface area (Å²) in [5.41, 5.74) is 1.66. The third kappa shape index (κ3) is 5.39. The van der Waals surface area contributed by atoms with E-state index in [0.29, 0.717) is 48.5 Å². The maximum Gasteiger partial charge on any atom is 0.309 e. The van der Waals surface area contributed by atoms with E-state index in [2.05, 4.69) is 10.2 Å². The summed E-state index contributed by atoms with van der Waals surface area (Å²) >= 11 is 7.77. The summed E-state index contributed by atoms with van der Waals surface area (Å²) in [5, 5.41) is 9.96. The minimum absolute atomic E-state index is 0.0178. The van der Waals surface area contributed by atoms with E-state index in [4.69, 9.17) is 16.3 Å². The standard InChI is InChI=1S/C24H25ClN4O3S/c1-2-32-23(31)17-12-14-28(15-13-17)21(30)16-33-24-27-26-22(19-10-6-7-11-20(19)25)29(24)18-8-4-3-5-9-18/h3-11,17H,2,12-16H2,1H3. The number of piperidine rings is 1. The Morgan fingerprint density at radius 2 is 1.76 bits per heavy atom. The minimum Gasteiger partial charge on any atom is -0.466 e. The quantitative estimate of drug-likeness (QED) is 0.363. The summed E-state index contributed by atoms with van der Waals surface area (Å²) in [6, 6.07) is 17.3. The van der Waals surface area contributed by atoms with Crippen LogP contribution in [0.2, 0.25) is 5.02 Å². The number of carbonyl (C=O) groups is 2. The molecule has 1 aliphatic rings. The Morgan fingerprint density at radius 1 is 1.06 bits per heavy atom. The van der Waals surface area contributed by atoms with Crippen molar-refractivity contribution in [2.24, 2.45) is 5.92 Å². The molecule has 0 unspecified atom stereocenters. The molecule has 1 saturated heterocycles. The van der Waals surface area contributed by atoms with Gasteiger partial charge in [-0.25, -0.2) is 0 Å². The molecule has 1 aromatic heterocycles. The number of hydrogen-bond donors (Lipinski definition) is 0. The molecule has 2 heterocycles. The van der Waals surface area contributed by atoms with Crippen LogP contribution in [-0.4, -0.2) is 57.0 Å². The molecule has 0 bridgehead atoms. The lowest BCUT2D eigenvalue weighted by atomic mass is 9.97. The number of carbonyl (C=O) groups excluding carboxylic acids is 2. The zero-order valence-electron chi connectivity index (χ0n) is 18.3. The van der Waals surface area contributed by atoms with E-state index in [0.717, 1.165) is 11.3 Å². The van der Waals surface area contributed by atoms with Gasteiger partial charge in [0.2, 0.25) is 5.91 Å². The second-order valence-corrected chi connectivity index (χ2v) is 9.00. The predicted octanol–water partition coefficient (Wildman–Crippen LogP) is 4.48. The van der Waals surface area contributed by atoms with Gasteiger partial charge in [0.15, 0.2) is 11.0 Å². The number of benzene rings is 2. The predicted molar refractivity (Wildman–Crippen MR) is 128 cm³/mol. The van der Waals surface area contributed by atoms with Gasteiger partial charge in [-0.2, -0.15) is 0 Å². The first-order valence-corrected chi connectivity index (χ1v) is 12.3. The SMILES string of the molecule is CCOC(=O)C1CCN(C(=O)CSc2nnc(-c3ccccc3Cl)n2-c2ccccc2)CC1. The summed E-state index contributed by atoms with van der Waals surface area (Å²) in [4.78, 5) is 26.6. The number of hydrogen-bond acceptors (Lipinski definition) is 6. The Bertz CT molecular complexity index is 1110. The molecule has 1 aliphatic heterocycles. The largest absolute Gasteiger partial charge is 0.466 e. The van der Waals surface area contributed by atoms with E-state index in [-0.39, 0.29) is 23.5 Å². The van der Waals surface area contributed by atoms with Crippen molar-refractivity contribution in [3.05, 3.63) is 59.6 Å². The number of esters is 1. The molecular weight excluding hydrogens is 460 g/mol. The molecule has 1 amide bonds. The summed E-state index contributed by atoms with van der Waals surface area (Å²) in [7, 11) is 0. The minimum atomic E-state index is -0.165. The molecule has 0 N–H and O–H groups in total. The van der Waals surface area contributed by atoms with Crippen LogP contribution in [0.3, 0.4) is 0 Å². The molecule has 7 nitrogen and oxygen atoms in total. The molecule has 0 radical (unpaired) electrons. The van der Waals surface area contributed by atoms with Crippen LogP contribution in [-0.2, 0) is 14.3 Å². The molecular formula is C24H25ClN4O3S. The Labute approximate surface area is 202 Å². The molecule has 9 heteroatoms. The highest BCUT2D eigenvalue weighted by Crippen LogP contribution is 2.32. The van der Waals surface area contributed by atoms with Gasteiger partial charge in [0.05, 0.1) is 23.3 Å². The molecule has 3 aromatic rings. The topological polar surface area (TPSA) is 77.3 Å². The highest BCUT2D eigenvalue weighted by molar-refractivity contribution is 7.99. The normalized spacial score (nSPS) is 14.3. The van der Waals surface area contributed by atoms with Crippen LogP contribution < -0.4 is 0 Å². The molecule has 33 heavy (non-hydrogen) atoms. The van der Waals surface area contributed by atoms with Crippen molar-refractivity contribution < 1.29 is 14.3 Å². The van der Waals surface area contributed by atoms with Gasteiger partial charge >= 0.3 is 5.97 Å². The van der Waals surface area contributed by atoms with Gasteiger partial charge in [-0.1, -0.05) is 53.7 Å². The fraction of sp³-hybridized carbons (Fsp3) is 0.333. The smallest absolute Gasteiger partial charge is 0.309 e. The van der Waals surface area contributed by atoms with Crippen molar-refractivity contribution in [1.29, 1.82) is 0 Å². The number of halogens is 1. The van der Waals surface area contributed by atoms with E-state index in [1.807, 2.05) is 59.2 Å². The van der Waals surface area contributed by atoms with Crippen molar-refractivity contribution in [3.63, 3.8) is 0 Å². The second-order valence-electron chi connectivity index (χ2n) is 7.65. The van der Waals surface area contributed by atoms with E-state index < -0.39 is 0 Å². The summed E-state index contributed by atoms with van der Waals surface area (Å²) in [6.45, 7) is 3.30. The van der Waals surface area contributed by atoms with Crippen LogP contribution in [0.15, 0.2) is 59.8 Å². The maximum atomic E-state index is 12.9. The molecule has 0 aliphatic carbocycles. The molecule has 2 aromatic carbocycles.